The molecule has 0 unspecified atom stereocenters. The Kier molecular flexibility index (Phi) is 17.2. The summed E-state index contributed by atoms with van der Waals surface area (Å²) in [5.41, 5.74) is 4.50. The van der Waals surface area contributed by atoms with Gasteiger partial charge in [0.25, 0.3) is 63.9 Å². The SMILES string of the molecule is COc1cc(-c2ccc(-n3nc(-c4ccc(C(=O)N(CCS(=O)(=O)O)CCS(=O)(=O)O)cc4)n[n+]3-c3nc4ccccc4s3)c(OC)c2)ccc1-n1nc(-c2ccc(C(=O)N(CCS(=O)(=O)O)CCS(=O)(=O)O)cc2)n[n+]1-c1nc2ccccc2s1. The first-order valence-electron chi connectivity index (χ1n) is 25.3. The van der Waals surface area contributed by atoms with Gasteiger partial charge < -0.3 is 19.3 Å². The lowest BCUT2D eigenvalue weighted by Crippen LogP contribution is -2.43. The number of rotatable bonds is 23. The first kappa shape index (κ1) is 60.5. The lowest BCUT2D eigenvalue weighted by molar-refractivity contribution is -0.734. The predicted molar refractivity (Wildman–Crippen MR) is 313 cm³/mol. The fourth-order valence-corrected chi connectivity index (χ4v) is 12.3. The summed E-state index contributed by atoms with van der Waals surface area (Å²) in [7, 11) is -15.2. The van der Waals surface area contributed by atoms with Crippen LogP contribution in [-0.4, -0.2) is 177 Å². The lowest BCUT2D eigenvalue weighted by atomic mass is 10.0. The molecule has 6 aromatic carbocycles. The second kappa shape index (κ2) is 24.4. The number of benzene rings is 6. The molecular formula is C52H48N12O16S6+2. The van der Waals surface area contributed by atoms with Gasteiger partial charge in [0.2, 0.25) is 0 Å². The van der Waals surface area contributed by atoms with Crippen LogP contribution in [0.4, 0.5) is 0 Å². The molecule has 0 bridgehead atoms. The Hall–Kier alpha value is -8.58. The molecule has 0 spiro atoms. The Morgan fingerprint density at radius 2 is 0.802 bits per heavy atom. The Bertz CT molecular complexity index is 4280. The van der Waals surface area contributed by atoms with Crippen molar-refractivity contribution in [3.05, 3.63) is 145 Å². The summed E-state index contributed by atoms with van der Waals surface area (Å²) in [6.07, 6.45) is 0. The zero-order chi connectivity index (χ0) is 61.3. The molecule has 0 fully saturated rings. The number of carbonyl (C=O) groups excluding carboxylic acids is 2. The maximum atomic E-state index is 13.6. The van der Waals surface area contributed by atoms with Crippen molar-refractivity contribution in [1.82, 2.24) is 49.8 Å². The number of amides is 2. The van der Waals surface area contributed by atoms with Crippen LogP contribution >= 0.6 is 22.7 Å². The van der Waals surface area contributed by atoms with E-state index in [1.807, 2.05) is 60.7 Å². The summed E-state index contributed by atoms with van der Waals surface area (Å²) >= 11 is 2.68. The first-order valence-corrected chi connectivity index (χ1v) is 33.4. The zero-order valence-electron chi connectivity index (χ0n) is 44.9. The van der Waals surface area contributed by atoms with E-state index in [0.717, 1.165) is 19.2 Å². The molecule has 0 radical (unpaired) electrons. The number of aromatic nitrogens is 10. The molecular weight excluding hydrogens is 1240 g/mol. The number of hydrogen-bond acceptors (Lipinski definition) is 20. The molecule has 4 heterocycles. The lowest BCUT2D eigenvalue weighted by Gasteiger charge is -2.21. The largest absolute Gasteiger partial charge is 0.494 e. The number of methoxy groups -OCH3 is 2. The number of nitrogens with zero attached hydrogens (tertiary/aromatic N) is 12. The highest BCUT2D eigenvalue weighted by Gasteiger charge is 2.31. The summed E-state index contributed by atoms with van der Waals surface area (Å²) in [6.45, 7) is -2.24. The molecule has 0 aliphatic rings. The van der Waals surface area contributed by atoms with E-state index in [2.05, 4.69) is 0 Å². The number of thiazole rings is 2. The van der Waals surface area contributed by atoms with Crippen LogP contribution in [0.1, 0.15) is 20.7 Å². The Morgan fingerprint density at radius 3 is 1.12 bits per heavy atom. The van der Waals surface area contributed by atoms with E-state index < -0.39 is 101 Å². The highest BCUT2D eigenvalue weighted by molar-refractivity contribution is 7.86. The van der Waals surface area contributed by atoms with Gasteiger partial charge in [0.1, 0.15) is 11.5 Å². The van der Waals surface area contributed by atoms with Crippen LogP contribution < -0.4 is 19.1 Å². The van der Waals surface area contributed by atoms with E-state index in [9.17, 15) is 61.5 Å². The summed E-state index contributed by atoms with van der Waals surface area (Å²) in [6, 6.07) is 37.6. The molecule has 0 saturated heterocycles. The summed E-state index contributed by atoms with van der Waals surface area (Å²) in [4.78, 5) is 44.5. The molecule has 4 aromatic heterocycles. The van der Waals surface area contributed by atoms with E-state index in [-0.39, 0.29) is 22.8 Å². The van der Waals surface area contributed by atoms with Gasteiger partial charge in [0.05, 0.1) is 46.6 Å². The van der Waals surface area contributed by atoms with Crippen molar-refractivity contribution < 1.29 is 80.5 Å². The Labute approximate surface area is 497 Å². The standard InChI is InChI=1S/C52H46N12O16S6/c1-79-43-31-37(19-21-41(43)61-55-47(57-63(61)51-53-39-7-3-5-9-45(39)81-51)33-11-15-35(16-12-33)49(65)59(23-27-83(67,68)69)24-28-84(70,71)72)38-20-22-42(44(32-38)80-2)62-56-48(58-64(62)52-54-40-8-4-6-10-46(40)82-52)34-13-17-36(18-14-34)50(66)60(25-29-85(73,74)75)26-30-86(76,77)78/h3-22,31-32H,23-30H2,1-2H3,(H2-2,67,68,69,70,71,72,73,74,75,76,77,78)/p+2. The van der Waals surface area contributed by atoms with Gasteiger partial charge in [0, 0.05) is 58.6 Å². The predicted octanol–water partition coefficient (Wildman–Crippen LogP) is 4.07. The Morgan fingerprint density at radius 1 is 0.477 bits per heavy atom. The first-order chi connectivity index (χ1) is 40.8. The molecule has 0 aliphatic heterocycles. The van der Waals surface area contributed by atoms with Crippen molar-refractivity contribution in [2.75, 3.05) is 63.4 Å². The third kappa shape index (κ3) is 14.2. The van der Waals surface area contributed by atoms with Gasteiger partial charge in [-0.3, -0.25) is 27.8 Å². The van der Waals surface area contributed by atoms with Gasteiger partial charge in [-0.25, -0.2) is 0 Å². The van der Waals surface area contributed by atoms with Crippen LogP contribution in [0.5, 0.6) is 11.5 Å². The minimum Gasteiger partial charge on any atom is -0.494 e. The number of tetrazole rings is 2. The molecule has 86 heavy (non-hydrogen) atoms. The Balaban J connectivity index is 0.984. The van der Waals surface area contributed by atoms with Gasteiger partial charge in [-0.1, -0.05) is 69.0 Å². The summed E-state index contributed by atoms with van der Waals surface area (Å²) < 4.78 is 144. The topological polar surface area (TPSA) is 372 Å². The number of para-hydroxylation sites is 2. The number of fused-ring (bicyclic) bond motifs is 2. The second-order valence-corrected chi connectivity index (χ2v) is 27.1. The van der Waals surface area contributed by atoms with Crippen LogP contribution in [0.3, 0.4) is 0 Å². The molecule has 10 rings (SSSR count). The summed E-state index contributed by atoms with van der Waals surface area (Å²) in [5, 5.41) is 20.3. The molecule has 446 valence electrons. The van der Waals surface area contributed by atoms with Crippen LogP contribution in [0.2, 0.25) is 0 Å². The monoisotopic (exact) mass is 1290 g/mol. The molecule has 2 amide bonds. The quantitative estimate of drug-likeness (QED) is 0.0518. The van der Waals surface area contributed by atoms with E-state index in [0.29, 0.717) is 66.4 Å². The summed E-state index contributed by atoms with van der Waals surface area (Å²) in [5.74, 6) is -4.01. The molecule has 0 saturated carbocycles. The van der Waals surface area contributed by atoms with Gasteiger partial charge >= 0.3 is 10.3 Å². The molecule has 10 aromatic rings. The van der Waals surface area contributed by atoms with Crippen LogP contribution in [0.15, 0.2) is 133 Å². The number of carbonyl (C=O) groups is 2. The zero-order valence-corrected chi connectivity index (χ0v) is 49.8. The third-order valence-electron chi connectivity index (χ3n) is 13.0. The van der Waals surface area contributed by atoms with E-state index in [4.69, 9.17) is 39.8 Å². The van der Waals surface area contributed by atoms with Crippen molar-refractivity contribution in [1.29, 1.82) is 0 Å². The highest BCUT2D eigenvalue weighted by Crippen LogP contribution is 2.35. The average Bonchev–Trinajstić information content (AvgIpc) is 1.79. The van der Waals surface area contributed by atoms with Crippen molar-refractivity contribution in [2.24, 2.45) is 0 Å². The van der Waals surface area contributed by atoms with Crippen LogP contribution in [-0.2, 0) is 40.5 Å². The fourth-order valence-electron chi connectivity index (χ4n) is 8.72. The second-order valence-electron chi connectivity index (χ2n) is 18.8. The molecule has 0 aliphatic carbocycles. The highest BCUT2D eigenvalue weighted by atomic mass is 32.2. The van der Waals surface area contributed by atoms with E-state index in [1.165, 1.54) is 105 Å². The molecule has 4 N–H and O–H groups in total. The molecule has 0 atom stereocenters. The van der Waals surface area contributed by atoms with Crippen molar-refractivity contribution in [3.8, 4) is 67.0 Å². The van der Waals surface area contributed by atoms with E-state index >= 15 is 0 Å². The number of hydrogen-bond donors (Lipinski definition) is 4. The molecule has 28 nitrogen and oxygen atoms in total. The van der Waals surface area contributed by atoms with Gasteiger partial charge in [0.15, 0.2) is 22.4 Å². The van der Waals surface area contributed by atoms with Gasteiger partial charge in [-0.05, 0) is 138 Å². The van der Waals surface area contributed by atoms with Gasteiger partial charge in [-0.15, -0.1) is 0 Å². The third-order valence-corrected chi connectivity index (χ3v) is 17.8. The van der Waals surface area contributed by atoms with Crippen LogP contribution in [0, 0.1) is 0 Å². The van der Waals surface area contributed by atoms with Crippen molar-refractivity contribution in [3.63, 3.8) is 0 Å². The van der Waals surface area contributed by atoms with Crippen molar-refractivity contribution in [2.45, 2.75) is 0 Å². The van der Waals surface area contributed by atoms with Crippen LogP contribution in [0.25, 0.3) is 76.0 Å². The maximum absolute atomic E-state index is 13.6. The minimum absolute atomic E-state index is 0.0302. The minimum atomic E-state index is -4.54. The molecule has 34 heteroatoms. The normalized spacial score (nSPS) is 12.2. The van der Waals surface area contributed by atoms with E-state index in [1.54, 1.807) is 24.3 Å². The number of ether oxygens (including phenoxy) is 2. The smallest absolute Gasteiger partial charge is 0.365 e. The fraction of sp³-hybridized carbons (Fsp3) is 0.192. The maximum Gasteiger partial charge on any atom is 0.365 e. The van der Waals surface area contributed by atoms with Gasteiger partial charge in [-0.2, -0.15) is 33.7 Å². The van der Waals surface area contributed by atoms with Crippen molar-refractivity contribution >= 4 is 95.4 Å². The average molecular weight is 1290 g/mol.